The van der Waals surface area contributed by atoms with E-state index in [1.807, 2.05) is 36.4 Å². The number of hydrogen-bond donors (Lipinski definition) is 0. The van der Waals surface area contributed by atoms with E-state index in [4.69, 9.17) is 4.74 Å². The van der Waals surface area contributed by atoms with E-state index < -0.39 is 22.3 Å². The summed E-state index contributed by atoms with van der Waals surface area (Å²) >= 11 is 2.88. The van der Waals surface area contributed by atoms with E-state index in [2.05, 4.69) is 0 Å². The lowest BCUT2D eigenvalue weighted by molar-refractivity contribution is -0.384. The number of para-hydroxylation sites is 1. The quantitative estimate of drug-likeness (QED) is 0.164. The number of rotatable bonds is 8. The first-order chi connectivity index (χ1) is 18.8. The van der Waals surface area contributed by atoms with Crippen LogP contribution in [0.2, 0.25) is 0 Å². The van der Waals surface area contributed by atoms with Gasteiger partial charge in [-0.3, -0.25) is 29.5 Å². The van der Waals surface area contributed by atoms with Gasteiger partial charge >= 0.3 is 5.97 Å². The van der Waals surface area contributed by atoms with Gasteiger partial charge in [-0.25, -0.2) is 4.79 Å². The maximum absolute atomic E-state index is 13.6. The summed E-state index contributed by atoms with van der Waals surface area (Å²) in [5.74, 6) is -0.847. The van der Waals surface area contributed by atoms with Gasteiger partial charge in [-0.05, 0) is 42.0 Å². The van der Waals surface area contributed by atoms with Crippen molar-refractivity contribution in [3.8, 4) is 0 Å². The van der Waals surface area contributed by atoms with Gasteiger partial charge in [0.05, 0.1) is 4.92 Å². The Bertz CT molecular complexity index is 1450. The van der Waals surface area contributed by atoms with Crippen molar-refractivity contribution in [1.82, 2.24) is 4.90 Å². The maximum Gasteiger partial charge on any atom is 0.356 e. The van der Waals surface area contributed by atoms with Crippen LogP contribution >= 0.6 is 23.5 Å². The minimum atomic E-state index is -0.754. The molecule has 2 amide bonds. The molecule has 2 atom stereocenters. The number of amides is 2. The number of esters is 1. The molecule has 2 heterocycles. The molecule has 0 spiro atoms. The topological polar surface area (TPSA) is 110 Å². The number of carbonyl (C=O) groups excluding carboxylic acids is 3. The predicted octanol–water partition coefficient (Wildman–Crippen LogP) is 4.98. The predicted molar refractivity (Wildman–Crippen MR) is 149 cm³/mol. The Kier molecular flexibility index (Phi) is 7.71. The van der Waals surface area contributed by atoms with Crippen molar-refractivity contribution in [2.75, 3.05) is 10.7 Å². The third kappa shape index (κ3) is 5.41. The molecule has 0 saturated carbocycles. The summed E-state index contributed by atoms with van der Waals surface area (Å²) in [4.78, 5) is 54.7. The zero-order valence-electron chi connectivity index (χ0n) is 20.8. The van der Waals surface area contributed by atoms with Crippen molar-refractivity contribution in [2.45, 2.75) is 29.8 Å². The molecule has 1 saturated heterocycles. The first kappa shape index (κ1) is 26.5. The second kappa shape index (κ2) is 11.3. The van der Waals surface area contributed by atoms with Crippen LogP contribution < -0.4 is 4.90 Å². The summed E-state index contributed by atoms with van der Waals surface area (Å²) < 4.78 is 5.60. The molecule has 3 aromatic rings. The van der Waals surface area contributed by atoms with Crippen molar-refractivity contribution >= 4 is 52.7 Å². The molecule has 2 aliphatic heterocycles. The highest BCUT2D eigenvalue weighted by Crippen LogP contribution is 2.47. The first-order valence-corrected chi connectivity index (χ1v) is 13.9. The Morgan fingerprint density at radius 3 is 2.31 bits per heavy atom. The smallest absolute Gasteiger partial charge is 0.356 e. The second-order valence-electron chi connectivity index (χ2n) is 8.77. The summed E-state index contributed by atoms with van der Waals surface area (Å²) in [6, 6.07) is 23.5. The third-order valence-corrected chi connectivity index (χ3v) is 8.79. The lowest BCUT2D eigenvalue weighted by atomic mass is 10.0. The van der Waals surface area contributed by atoms with E-state index in [0.717, 1.165) is 4.90 Å². The Labute approximate surface area is 233 Å². The zero-order valence-corrected chi connectivity index (χ0v) is 22.4. The molecule has 9 nitrogen and oxygen atoms in total. The molecule has 1 unspecified atom stereocenters. The van der Waals surface area contributed by atoms with Crippen LogP contribution in [-0.2, 0) is 25.7 Å². The number of nitro benzene ring substituents is 1. The van der Waals surface area contributed by atoms with Crippen LogP contribution in [0, 0.1) is 10.1 Å². The minimum Gasteiger partial charge on any atom is -0.456 e. The lowest BCUT2D eigenvalue weighted by Crippen LogP contribution is -2.71. The SMILES string of the molecule is CC(=O)N(c1ccccc1)C1C(=O)N2C(C(=O)OCc3ccc([N+](=O)[O-])cc3)=C(Sc3ccccc3)CS[C@@H]12. The number of hydrogen-bond acceptors (Lipinski definition) is 8. The van der Waals surface area contributed by atoms with Crippen molar-refractivity contribution in [2.24, 2.45) is 0 Å². The van der Waals surface area contributed by atoms with Crippen LogP contribution in [0.25, 0.3) is 0 Å². The number of nitrogens with zero attached hydrogens (tertiary/aromatic N) is 3. The van der Waals surface area contributed by atoms with E-state index in [1.54, 1.807) is 24.3 Å². The number of β-lactam (4-membered cyclic amide) rings is 1. The van der Waals surface area contributed by atoms with Crippen molar-refractivity contribution in [3.63, 3.8) is 0 Å². The molecule has 0 bridgehead atoms. The number of thioether (sulfide) groups is 2. The van der Waals surface area contributed by atoms with Gasteiger partial charge in [0.1, 0.15) is 23.7 Å². The molecule has 3 aromatic carbocycles. The number of non-ortho nitro benzene ring substituents is 1. The van der Waals surface area contributed by atoms with Crippen molar-refractivity contribution < 1.29 is 24.0 Å². The van der Waals surface area contributed by atoms with E-state index >= 15 is 0 Å². The third-order valence-electron chi connectivity index (χ3n) is 6.25. The van der Waals surface area contributed by atoms with Gasteiger partial charge in [0.15, 0.2) is 0 Å². The van der Waals surface area contributed by atoms with E-state index in [9.17, 15) is 24.5 Å². The summed E-state index contributed by atoms with van der Waals surface area (Å²) in [5.41, 5.74) is 1.28. The highest BCUT2D eigenvalue weighted by Gasteiger charge is 2.57. The van der Waals surface area contributed by atoms with Gasteiger partial charge in [-0.15, -0.1) is 11.8 Å². The number of ether oxygens (including phenoxy) is 1. The number of benzene rings is 3. The van der Waals surface area contributed by atoms with Gasteiger partial charge in [-0.2, -0.15) is 0 Å². The molecule has 198 valence electrons. The molecule has 1 fully saturated rings. The number of carbonyl (C=O) groups is 3. The normalized spacial score (nSPS) is 18.2. The van der Waals surface area contributed by atoms with E-state index in [1.165, 1.54) is 64.5 Å². The first-order valence-electron chi connectivity index (χ1n) is 12.0. The van der Waals surface area contributed by atoms with Crippen LogP contribution in [0.3, 0.4) is 0 Å². The molecule has 0 N–H and O–H groups in total. The average Bonchev–Trinajstić information content (AvgIpc) is 2.95. The van der Waals surface area contributed by atoms with E-state index in [-0.39, 0.29) is 29.8 Å². The van der Waals surface area contributed by atoms with Crippen LogP contribution in [-0.4, -0.2) is 44.8 Å². The van der Waals surface area contributed by atoms with E-state index in [0.29, 0.717) is 21.9 Å². The van der Waals surface area contributed by atoms with Gasteiger partial charge in [0.25, 0.3) is 11.6 Å². The Balaban J connectivity index is 1.43. The van der Waals surface area contributed by atoms with Crippen molar-refractivity contribution in [3.05, 3.63) is 111 Å². The highest BCUT2D eigenvalue weighted by molar-refractivity contribution is 8.06. The fourth-order valence-electron chi connectivity index (χ4n) is 4.43. The molecule has 0 aliphatic carbocycles. The molecule has 39 heavy (non-hydrogen) atoms. The Morgan fingerprint density at radius 1 is 1.05 bits per heavy atom. The van der Waals surface area contributed by atoms with Gasteiger partial charge in [0, 0.05) is 40.3 Å². The molecule has 0 radical (unpaired) electrons. The second-order valence-corrected chi connectivity index (χ2v) is 11.0. The summed E-state index contributed by atoms with van der Waals surface area (Å²) in [6.45, 7) is 1.30. The Hall–Kier alpha value is -4.09. The fraction of sp³-hybridized carbons (Fsp3) is 0.179. The monoisotopic (exact) mass is 561 g/mol. The Morgan fingerprint density at radius 2 is 1.69 bits per heavy atom. The molecular formula is C28H23N3O6S2. The zero-order chi connectivity index (χ0) is 27.5. The van der Waals surface area contributed by atoms with Crippen molar-refractivity contribution in [1.29, 1.82) is 0 Å². The average molecular weight is 562 g/mol. The maximum atomic E-state index is 13.6. The molecule has 2 aliphatic rings. The molecule has 0 aromatic heterocycles. The summed E-state index contributed by atoms with van der Waals surface area (Å²) in [6.07, 6.45) is 0. The highest BCUT2D eigenvalue weighted by atomic mass is 32.2. The number of anilines is 1. The lowest BCUT2D eigenvalue weighted by Gasteiger charge is -2.52. The largest absolute Gasteiger partial charge is 0.456 e. The molecule has 11 heteroatoms. The standard InChI is InChI=1S/C28H23N3O6S2/c1-18(32)29(20-8-4-2-5-9-20)25-26(33)30-24(23(17-38-27(25)30)39-22-10-6-3-7-11-22)28(34)37-16-19-12-14-21(15-13-19)31(35)36/h2-15,25,27H,16-17H2,1H3/t25?,27-/m0/s1. The number of nitro groups is 1. The van der Waals surface area contributed by atoms with Crippen LogP contribution in [0.5, 0.6) is 0 Å². The summed E-state index contributed by atoms with van der Waals surface area (Å²) in [5, 5.41) is 10.5. The molecule has 5 rings (SSSR count). The van der Waals surface area contributed by atoms with Gasteiger partial charge in [0.2, 0.25) is 5.91 Å². The molecular weight excluding hydrogens is 538 g/mol. The minimum absolute atomic E-state index is 0.0628. The summed E-state index contributed by atoms with van der Waals surface area (Å²) in [7, 11) is 0. The van der Waals surface area contributed by atoms with Crippen LogP contribution in [0.15, 0.2) is 100 Å². The van der Waals surface area contributed by atoms with Gasteiger partial charge in [-0.1, -0.05) is 48.2 Å². The number of fused-ring (bicyclic) bond motifs is 1. The fourth-order valence-corrected chi connectivity index (χ4v) is 6.97. The van der Waals surface area contributed by atoms with Gasteiger partial charge < -0.3 is 4.74 Å². The van der Waals surface area contributed by atoms with Crippen LogP contribution in [0.1, 0.15) is 12.5 Å². The van der Waals surface area contributed by atoms with Crippen LogP contribution in [0.4, 0.5) is 11.4 Å².